The summed E-state index contributed by atoms with van der Waals surface area (Å²) in [5.41, 5.74) is 3.71. The number of hydrogen-bond acceptors (Lipinski definition) is 3. The van der Waals surface area contributed by atoms with Crippen molar-refractivity contribution in [1.82, 2.24) is 5.32 Å². The molecule has 106 valence electrons. The Morgan fingerprint density at radius 3 is 2.47 bits per heavy atom. The van der Waals surface area contributed by atoms with Crippen LogP contribution in [0.4, 0.5) is 0 Å². The molecule has 19 heavy (non-hydrogen) atoms. The monoisotopic (exact) mass is 263 g/mol. The Bertz CT molecular complexity index is 408. The van der Waals surface area contributed by atoms with E-state index in [4.69, 9.17) is 9.47 Å². The lowest BCUT2D eigenvalue weighted by Gasteiger charge is -2.17. The first kappa shape index (κ1) is 14.4. The van der Waals surface area contributed by atoms with E-state index >= 15 is 0 Å². The molecular formula is C16H25NO2. The van der Waals surface area contributed by atoms with Crippen molar-refractivity contribution < 1.29 is 9.47 Å². The predicted octanol–water partition coefficient (Wildman–Crippen LogP) is 2.97. The molecule has 3 heteroatoms. The lowest BCUT2D eigenvalue weighted by atomic mass is 10.1. The van der Waals surface area contributed by atoms with E-state index in [-0.39, 0.29) is 6.10 Å². The molecule has 1 aliphatic heterocycles. The van der Waals surface area contributed by atoms with Crippen LogP contribution >= 0.6 is 0 Å². The van der Waals surface area contributed by atoms with Crippen LogP contribution in [0.3, 0.4) is 0 Å². The van der Waals surface area contributed by atoms with E-state index in [0.29, 0.717) is 12.7 Å². The third-order valence-electron chi connectivity index (χ3n) is 3.63. The second kappa shape index (κ2) is 6.40. The fraction of sp³-hybridized carbons (Fsp3) is 0.625. The van der Waals surface area contributed by atoms with Crippen LogP contribution in [-0.2, 0) is 11.3 Å². The van der Waals surface area contributed by atoms with Crippen molar-refractivity contribution in [3.8, 4) is 5.75 Å². The molecule has 0 amide bonds. The van der Waals surface area contributed by atoms with Gasteiger partial charge in [-0.1, -0.05) is 12.1 Å². The van der Waals surface area contributed by atoms with E-state index in [0.717, 1.165) is 25.1 Å². The summed E-state index contributed by atoms with van der Waals surface area (Å²) < 4.78 is 11.8. The SMILES string of the molecule is CNCc1cc(C)c(OCC2CCC(C)O2)c(C)c1. The topological polar surface area (TPSA) is 30.5 Å². The van der Waals surface area contributed by atoms with Gasteiger partial charge in [0.05, 0.1) is 12.2 Å². The molecule has 1 aromatic rings. The molecule has 0 spiro atoms. The summed E-state index contributed by atoms with van der Waals surface area (Å²) in [7, 11) is 1.97. The van der Waals surface area contributed by atoms with Crippen LogP contribution in [0.25, 0.3) is 0 Å². The third-order valence-corrected chi connectivity index (χ3v) is 3.63. The molecule has 2 unspecified atom stereocenters. The highest BCUT2D eigenvalue weighted by molar-refractivity contribution is 5.43. The lowest BCUT2D eigenvalue weighted by Crippen LogP contribution is -2.18. The normalized spacial score (nSPS) is 22.7. The maximum atomic E-state index is 5.99. The largest absolute Gasteiger partial charge is 0.490 e. The standard InChI is InChI=1S/C16H25NO2/c1-11-7-14(9-17-4)8-12(2)16(11)18-10-15-6-5-13(3)19-15/h7-8,13,15,17H,5-6,9-10H2,1-4H3. The number of ether oxygens (including phenoxy) is 2. The van der Waals surface area contributed by atoms with Crippen LogP contribution < -0.4 is 10.1 Å². The molecule has 0 aromatic heterocycles. The molecule has 1 heterocycles. The highest BCUT2D eigenvalue weighted by atomic mass is 16.5. The molecule has 0 radical (unpaired) electrons. The molecule has 0 aliphatic carbocycles. The first-order valence-corrected chi connectivity index (χ1v) is 7.13. The van der Waals surface area contributed by atoms with Crippen molar-refractivity contribution in [3.63, 3.8) is 0 Å². The van der Waals surface area contributed by atoms with Gasteiger partial charge in [0.15, 0.2) is 0 Å². The summed E-state index contributed by atoms with van der Waals surface area (Å²) in [6.45, 7) is 7.91. The smallest absolute Gasteiger partial charge is 0.125 e. The second-order valence-corrected chi connectivity index (χ2v) is 5.55. The van der Waals surface area contributed by atoms with Crippen molar-refractivity contribution in [2.75, 3.05) is 13.7 Å². The number of benzene rings is 1. The Hall–Kier alpha value is -1.06. The summed E-state index contributed by atoms with van der Waals surface area (Å²) in [4.78, 5) is 0. The van der Waals surface area contributed by atoms with Gasteiger partial charge in [0, 0.05) is 6.54 Å². The van der Waals surface area contributed by atoms with E-state index in [1.54, 1.807) is 0 Å². The Morgan fingerprint density at radius 1 is 1.26 bits per heavy atom. The van der Waals surface area contributed by atoms with Crippen molar-refractivity contribution in [1.29, 1.82) is 0 Å². The maximum absolute atomic E-state index is 5.99. The number of nitrogens with one attached hydrogen (secondary N) is 1. The average Bonchev–Trinajstić information content (AvgIpc) is 2.74. The Balaban J connectivity index is 2.00. The summed E-state index contributed by atoms with van der Waals surface area (Å²) in [5.74, 6) is 1.02. The van der Waals surface area contributed by atoms with Gasteiger partial charge in [-0.3, -0.25) is 0 Å². The van der Waals surface area contributed by atoms with Crippen molar-refractivity contribution >= 4 is 0 Å². The highest BCUT2D eigenvalue weighted by Crippen LogP contribution is 2.26. The molecule has 1 saturated heterocycles. The van der Waals surface area contributed by atoms with Crippen LogP contribution in [0.15, 0.2) is 12.1 Å². The summed E-state index contributed by atoms with van der Waals surface area (Å²) >= 11 is 0. The molecule has 2 rings (SSSR count). The molecule has 1 aliphatic rings. The summed E-state index contributed by atoms with van der Waals surface area (Å²) in [6, 6.07) is 4.38. The fourth-order valence-electron chi connectivity index (χ4n) is 2.76. The van der Waals surface area contributed by atoms with Crippen LogP contribution in [-0.4, -0.2) is 25.9 Å². The molecular weight excluding hydrogens is 238 g/mol. The highest BCUT2D eigenvalue weighted by Gasteiger charge is 2.22. The minimum Gasteiger partial charge on any atom is -0.490 e. The Kier molecular flexibility index (Phi) is 4.83. The number of hydrogen-bond donors (Lipinski definition) is 1. The average molecular weight is 263 g/mol. The van der Waals surface area contributed by atoms with Gasteiger partial charge < -0.3 is 14.8 Å². The van der Waals surface area contributed by atoms with Crippen molar-refractivity contribution in [2.24, 2.45) is 0 Å². The van der Waals surface area contributed by atoms with Gasteiger partial charge in [-0.25, -0.2) is 0 Å². The second-order valence-electron chi connectivity index (χ2n) is 5.55. The van der Waals surface area contributed by atoms with Gasteiger partial charge in [-0.15, -0.1) is 0 Å². The zero-order valence-electron chi connectivity index (χ0n) is 12.5. The Morgan fingerprint density at radius 2 is 1.95 bits per heavy atom. The molecule has 1 fully saturated rings. The van der Waals surface area contributed by atoms with Gasteiger partial charge in [0.25, 0.3) is 0 Å². The van der Waals surface area contributed by atoms with Gasteiger partial charge in [0.1, 0.15) is 12.4 Å². The van der Waals surface area contributed by atoms with Crippen LogP contribution in [0.2, 0.25) is 0 Å². The summed E-state index contributed by atoms with van der Waals surface area (Å²) in [5, 5.41) is 3.18. The van der Waals surface area contributed by atoms with E-state index in [1.807, 2.05) is 7.05 Å². The van der Waals surface area contributed by atoms with Crippen LogP contribution in [0, 0.1) is 13.8 Å². The van der Waals surface area contributed by atoms with Crippen LogP contribution in [0.5, 0.6) is 5.75 Å². The summed E-state index contributed by atoms with van der Waals surface area (Å²) in [6.07, 6.45) is 2.89. The van der Waals surface area contributed by atoms with E-state index in [9.17, 15) is 0 Å². The predicted molar refractivity (Wildman–Crippen MR) is 77.7 cm³/mol. The van der Waals surface area contributed by atoms with Gasteiger partial charge >= 0.3 is 0 Å². The lowest BCUT2D eigenvalue weighted by molar-refractivity contribution is 0.0262. The minimum absolute atomic E-state index is 0.255. The molecule has 2 atom stereocenters. The van der Waals surface area contributed by atoms with E-state index in [1.165, 1.54) is 16.7 Å². The first-order chi connectivity index (χ1) is 9.10. The fourth-order valence-corrected chi connectivity index (χ4v) is 2.76. The third kappa shape index (κ3) is 3.71. The number of rotatable bonds is 5. The van der Waals surface area contributed by atoms with Crippen LogP contribution in [0.1, 0.15) is 36.5 Å². The van der Waals surface area contributed by atoms with E-state index < -0.39 is 0 Å². The molecule has 0 bridgehead atoms. The van der Waals surface area contributed by atoms with Crippen molar-refractivity contribution in [2.45, 2.75) is 52.4 Å². The van der Waals surface area contributed by atoms with Gasteiger partial charge in [-0.2, -0.15) is 0 Å². The molecule has 1 N–H and O–H groups in total. The Labute approximate surface area is 116 Å². The number of aryl methyl sites for hydroxylation is 2. The van der Waals surface area contributed by atoms with Crippen molar-refractivity contribution in [3.05, 3.63) is 28.8 Å². The molecule has 3 nitrogen and oxygen atoms in total. The molecule has 0 saturated carbocycles. The quantitative estimate of drug-likeness (QED) is 0.886. The van der Waals surface area contributed by atoms with E-state index in [2.05, 4.69) is 38.2 Å². The van der Waals surface area contributed by atoms with Gasteiger partial charge in [0.2, 0.25) is 0 Å². The zero-order chi connectivity index (χ0) is 13.8. The zero-order valence-corrected chi connectivity index (χ0v) is 12.5. The first-order valence-electron chi connectivity index (χ1n) is 7.13. The maximum Gasteiger partial charge on any atom is 0.125 e. The van der Waals surface area contributed by atoms with Gasteiger partial charge in [-0.05, 0) is 57.4 Å². The minimum atomic E-state index is 0.255. The molecule has 1 aromatic carbocycles.